The monoisotopic (exact) mass is 136 g/mol. The minimum atomic E-state index is 0.657. The lowest BCUT2D eigenvalue weighted by atomic mass is 10.4. The van der Waals surface area contributed by atoms with E-state index in [0.717, 1.165) is 0 Å². The van der Waals surface area contributed by atoms with E-state index in [4.69, 9.17) is 0 Å². The van der Waals surface area contributed by atoms with Gasteiger partial charge in [0.05, 0.1) is 6.20 Å². The van der Waals surface area contributed by atoms with Gasteiger partial charge in [0.15, 0.2) is 5.82 Å². The number of rotatable bonds is 2. The highest BCUT2D eigenvalue weighted by molar-refractivity contribution is 5.59. The van der Waals surface area contributed by atoms with Crippen molar-refractivity contribution in [1.29, 1.82) is 0 Å². The first-order valence-corrected chi connectivity index (χ1v) is 2.96. The molecule has 1 rings (SSSR count). The van der Waals surface area contributed by atoms with Crippen LogP contribution in [0, 0.1) is 0 Å². The number of hydrogen-bond acceptors (Lipinski definition) is 4. The fourth-order valence-electron chi connectivity index (χ4n) is 0.541. The zero-order valence-corrected chi connectivity index (χ0v) is 5.73. The van der Waals surface area contributed by atoms with Crippen LogP contribution < -0.4 is 0 Å². The van der Waals surface area contributed by atoms with Crippen LogP contribution in [0.2, 0.25) is 0 Å². The molecule has 4 heteroatoms. The third-order valence-corrected chi connectivity index (χ3v) is 0.986. The molecule has 0 aliphatic heterocycles. The SMILES string of the molecule is CN=CCc1nccnn1. The molecule has 52 valence electrons. The maximum atomic E-state index is 3.95. The van der Waals surface area contributed by atoms with Crippen LogP contribution >= 0.6 is 0 Å². The molecule has 0 aliphatic carbocycles. The second kappa shape index (κ2) is 3.66. The van der Waals surface area contributed by atoms with Crippen molar-refractivity contribution in [2.24, 2.45) is 4.99 Å². The molecule has 0 saturated heterocycles. The Morgan fingerprint density at radius 2 is 2.50 bits per heavy atom. The molecule has 0 fully saturated rings. The normalized spacial score (nSPS) is 10.5. The molecule has 0 amide bonds. The van der Waals surface area contributed by atoms with Crippen LogP contribution in [-0.2, 0) is 6.42 Å². The quantitative estimate of drug-likeness (QED) is 0.542. The summed E-state index contributed by atoms with van der Waals surface area (Å²) in [5.74, 6) is 0.702. The summed E-state index contributed by atoms with van der Waals surface area (Å²) in [7, 11) is 1.72. The molecule has 0 atom stereocenters. The summed E-state index contributed by atoms with van der Waals surface area (Å²) < 4.78 is 0. The van der Waals surface area contributed by atoms with Crippen LogP contribution in [0.5, 0.6) is 0 Å². The van der Waals surface area contributed by atoms with Crippen LogP contribution in [0.3, 0.4) is 0 Å². The van der Waals surface area contributed by atoms with Gasteiger partial charge in [0, 0.05) is 25.9 Å². The summed E-state index contributed by atoms with van der Waals surface area (Å²) in [5, 5.41) is 7.43. The Bertz CT molecular complexity index is 206. The topological polar surface area (TPSA) is 51.0 Å². The zero-order chi connectivity index (χ0) is 7.23. The highest BCUT2D eigenvalue weighted by Crippen LogP contribution is 1.82. The summed E-state index contributed by atoms with van der Waals surface area (Å²) in [6, 6.07) is 0. The number of aliphatic imine (C=N–C) groups is 1. The molecule has 0 N–H and O–H groups in total. The van der Waals surface area contributed by atoms with Crippen molar-refractivity contribution >= 4 is 6.21 Å². The van der Waals surface area contributed by atoms with Gasteiger partial charge in [0.1, 0.15) is 0 Å². The maximum absolute atomic E-state index is 3.95. The first-order valence-electron chi connectivity index (χ1n) is 2.96. The molecule has 0 aromatic carbocycles. The van der Waals surface area contributed by atoms with Gasteiger partial charge in [-0.15, -0.1) is 5.10 Å². The molecular formula is C6H8N4. The Hall–Kier alpha value is -1.32. The van der Waals surface area contributed by atoms with E-state index >= 15 is 0 Å². The second-order valence-corrected chi connectivity index (χ2v) is 1.70. The first-order chi connectivity index (χ1) is 4.93. The van der Waals surface area contributed by atoms with Crippen molar-refractivity contribution in [3.63, 3.8) is 0 Å². The van der Waals surface area contributed by atoms with Crippen LogP contribution in [0.25, 0.3) is 0 Å². The minimum Gasteiger partial charge on any atom is -0.300 e. The van der Waals surface area contributed by atoms with Gasteiger partial charge in [-0.05, 0) is 0 Å². The molecule has 0 bridgehead atoms. The third kappa shape index (κ3) is 1.89. The molecule has 4 nitrogen and oxygen atoms in total. The molecular weight excluding hydrogens is 128 g/mol. The molecule has 0 aliphatic rings. The maximum Gasteiger partial charge on any atom is 0.156 e. The van der Waals surface area contributed by atoms with Gasteiger partial charge in [-0.2, -0.15) is 5.10 Å². The molecule has 0 unspecified atom stereocenters. The van der Waals surface area contributed by atoms with E-state index in [1.54, 1.807) is 25.7 Å². The van der Waals surface area contributed by atoms with E-state index in [2.05, 4.69) is 20.2 Å². The lowest BCUT2D eigenvalue weighted by molar-refractivity contribution is 0.888. The molecule has 10 heavy (non-hydrogen) atoms. The van der Waals surface area contributed by atoms with Crippen molar-refractivity contribution in [2.45, 2.75) is 6.42 Å². The molecule has 1 aromatic rings. The summed E-state index contributed by atoms with van der Waals surface area (Å²) in [6.45, 7) is 0. The van der Waals surface area contributed by atoms with Crippen molar-refractivity contribution in [2.75, 3.05) is 7.05 Å². The van der Waals surface area contributed by atoms with Crippen molar-refractivity contribution in [1.82, 2.24) is 15.2 Å². The van der Waals surface area contributed by atoms with Gasteiger partial charge in [-0.1, -0.05) is 0 Å². The Morgan fingerprint density at radius 3 is 3.10 bits per heavy atom. The average molecular weight is 136 g/mol. The molecule has 1 aromatic heterocycles. The Morgan fingerprint density at radius 1 is 1.60 bits per heavy atom. The van der Waals surface area contributed by atoms with Gasteiger partial charge < -0.3 is 4.99 Å². The fourth-order valence-corrected chi connectivity index (χ4v) is 0.541. The van der Waals surface area contributed by atoms with Gasteiger partial charge in [0.2, 0.25) is 0 Å². The molecule has 0 saturated carbocycles. The lowest BCUT2D eigenvalue weighted by Gasteiger charge is -1.88. The number of hydrogen-bond donors (Lipinski definition) is 0. The van der Waals surface area contributed by atoms with E-state index in [9.17, 15) is 0 Å². The number of aromatic nitrogens is 3. The highest BCUT2D eigenvalue weighted by atomic mass is 15.1. The van der Waals surface area contributed by atoms with Crippen molar-refractivity contribution in [3.05, 3.63) is 18.2 Å². The first kappa shape index (κ1) is 6.80. The fraction of sp³-hybridized carbons (Fsp3) is 0.333. The highest BCUT2D eigenvalue weighted by Gasteiger charge is 1.88. The summed E-state index contributed by atoms with van der Waals surface area (Å²) in [6.07, 6.45) is 5.57. The zero-order valence-electron chi connectivity index (χ0n) is 5.73. The average Bonchev–Trinajstić information content (AvgIpc) is 2.03. The van der Waals surface area contributed by atoms with Gasteiger partial charge in [-0.25, -0.2) is 4.98 Å². The van der Waals surface area contributed by atoms with Crippen molar-refractivity contribution in [3.8, 4) is 0 Å². The third-order valence-electron chi connectivity index (χ3n) is 0.986. The summed E-state index contributed by atoms with van der Waals surface area (Å²) in [5.41, 5.74) is 0. The summed E-state index contributed by atoms with van der Waals surface area (Å²) >= 11 is 0. The lowest BCUT2D eigenvalue weighted by Crippen LogP contribution is -1.96. The van der Waals surface area contributed by atoms with E-state index < -0.39 is 0 Å². The molecule has 1 heterocycles. The van der Waals surface area contributed by atoms with E-state index in [-0.39, 0.29) is 0 Å². The van der Waals surface area contributed by atoms with E-state index in [0.29, 0.717) is 12.2 Å². The van der Waals surface area contributed by atoms with E-state index in [1.165, 1.54) is 0 Å². The number of nitrogens with zero attached hydrogens (tertiary/aromatic N) is 4. The largest absolute Gasteiger partial charge is 0.300 e. The van der Waals surface area contributed by atoms with Crippen LogP contribution in [-0.4, -0.2) is 28.4 Å². The Kier molecular flexibility index (Phi) is 2.49. The van der Waals surface area contributed by atoms with Gasteiger partial charge in [0.25, 0.3) is 0 Å². The predicted molar refractivity (Wildman–Crippen MR) is 37.9 cm³/mol. The Labute approximate surface area is 59.0 Å². The minimum absolute atomic E-state index is 0.657. The van der Waals surface area contributed by atoms with Crippen LogP contribution in [0.4, 0.5) is 0 Å². The van der Waals surface area contributed by atoms with Crippen LogP contribution in [0.1, 0.15) is 5.82 Å². The predicted octanol–water partition coefficient (Wildman–Crippen LogP) is 0.115. The van der Waals surface area contributed by atoms with Gasteiger partial charge >= 0.3 is 0 Å². The smallest absolute Gasteiger partial charge is 0.156 e. The molecule has 0 radical (unpaired) electrons. The molecule has 0 spiro atoms. The van der Waals surface area contributed by atoms with Crippen molar-refractivity contribution < 1.29 is 0 Å². The van der Waals surface area contributed by atoms with E-state index in [1.807, 2.05) is 0 Å². The Balaban J connectivity index is 2.59. The standard InChI is InChI=1S/C6H8N4/c1-7-3-2-6-8-4-5-9-10-6/h3-5H,2H2,1H3. The van der Waals surface area contributed by atoms with Gasteiger partial charge in [-0.3, -0.25) is 0 Å². The van der Waals surface area contributed by atoms with Crippen LogP contribution in [0.15, 0.2) is 17.4 Å². The summed E-state index contributed by atoms with van der Waals surface area (Å²) in [4.78, 5) is 7.75. The second-order valence-electron chi connectivity index (χ2n) is 1.70.